The summed E-state index contributed by atoms with van der Waals surface area (Å²) in [6.45, 7) is 0. The van der Waals surface area contributed by atoms with E-state index in [1.54, 1.807) is 0 Å². The second kappa shape index (κ2) is 9.15. The summed E-state index contributed by atoms with van der Waals surface area (Å²) in [5.74, 6) is 0.443. The van der Waals surface area contributed by atoms with Crippen LogP contribution in [0, 0.1) is 0 Å². The minimum atomic E-state index is 0.222. The normalized spacial score (nSPS) is 13.5. The molecule has 0 radical (unpaired) electrons. The van der Waals surface area contributed by atoms with E-state index in [0.29, 0.717) is 0 Å². The highest BCUT2D eigenvalue weighted by atomic mass is 32.2. The van der Waals surface area contributed by atoms with Crippen LogP contribution in [0.25, 0.3) is 22.3 Å². The van der Waals surface area contributed by atoms with Crippen molar-refractivity contribution < 1.29 is 0 Å². The summed E-state index contributed by atoms with van der Waals surface area (Å²) in [4.78, 5) is 2.55. The number of rotatable bonds is 4. The summed E-state index contributed by atoms with van der Waals surface area (Å²) < 4.78 is 0. The van der Waals surface area contributed by atoms with Gasteiger partial charge in [-0.2, -0.15) is 0 Å². The summed E-state index contributed by atoms with van der Waals surface area (Å²) in [6, 6.07) is 53.9. The molecule has 0 atom stereocenters. The van der Waals surface area contributed by atoms with Gasteiger partial charge in [-0.3, -0.25) is 0 Å². The van der Waals surface area contributed by atoms with Crippen molar-refractivity contribution in [3.63, 3.8) is 0 Å². The van der Waals surface area contributed by atoms with Gasteiger partial charge in [0.05, 0.1) is 0 Å². The summed E-state index contributed by atoms with van der Waals surface area (Å²) >= 11 is 1.86. The van der Waals surface area contributed by atoms with Crippen LogP contribution in [0.15, 0.2) is 155 Å². The van der Waals surface area contributed by atoms with Crippen molar-refractivity contribution in [1.82, 2.24) is 0 Å². The fraction of sp³-hybridized carbons (Fsp3) is 0.0526. The third-order valence-electron chi connectivity index (χ3n) is 8.26. The molecular weight excluding hydrogens is 488 g/mol. The van der Waals surface area contributed by atoms with Gasteiger partial charge in [0.25, 0.3) is 0 Å². The predicted molar refractivity (Wildman–Crippen MR) is 163 cm³/mol. The molecule has 184 valence electrons. The SMILES string of the molecule is c1ccc(Sc2cc(C3c4ccccc4-c4ccccc43)cc(C3c4ccccc4-c4ccccc43)c2)cc1. The molecule has 0 spiro atoms. The van der Waals surface area contributed by atoms with Crippen molar-refractivity contribution in [1.29, 1.82) is 0 Å². The molecule has 2 aliphatic rings. The molecule has 6 aromatic rings. The standard InChI is InChI=1S/C38H26S/c1-2-12-27(13-3-1)39-28-23-25(37-33-18-8-4-14-29(33)30-15-5-9-19-34(30)37)22-26(24-28)38-35-20-10-6-16-31(35)32-17-7-11-21-36(32)38/h1-24,37-38H. The zero-order valence-electron chi connectivity index (χ0n) is 21.4. The van der Waals surface area contributed by atoms with E-state index < -0.39 is 0 Å². The Hall–Kier alpha value is -4.33. The van der Waals surface area contributed by atoms with Crippen LogP contribution < -0.4 is 0 Å². The van der Waals surface area contributed by atoms with E-state index in [1.165, 1.54) is 65.4 Å². The molecule has 0 heterocycles. The lowest BCUT2D eigenvalue weighted by atomic mass is 9.84. The summed E-state index contributed by atoms with van der Waals surface area (Å²) in [5.41, 5.74) is 13.8. The Balaban J connectivity index is 1.35. The van der Waals surface area contributed by atoms with Crippen LogP contribution in [-0.4, -0.2) is 0 Å². The Bertz CT molecular complexity index is 1640. The van der Waals surface area contributed by atoms with Crippen LogP contribution in [-0.2, 0) is 0 Å². The Labute approximate surface area is 234 Å². The average molecular weight is 515 g/mol. The first-order valence-electron chi connectivity index (χ1n) is 13.6. The van der Waals surface area contributed by atoms with E-state index in [-0.39, 0.29) is 11.8 Å². The quantitative estimate of drug-likeness (QED) is 0.225. The third-order valence-corrected chi connectivity index (χ3v) is 9.24. The molecule has 39 heavy (non-hydrogen) atoms. The van der Waals surface area contributed by atoms with Crippen LogP contribution in [0.2, 0.25) is 0 Å². The van der Waals surface area contributed by atoms with Gasteiger partial charge in [0, 0.05) is 21.6 Å². The largest absolute Gasteiger partial charge is 0.0901 e. The molecular formula is C38H26S. The maximum absolute atomic E-state index is 2.49. The zero-order valence-corrected chi connectivity index (χ0v) is 22.2. The Kier molecular flexibility index (Phi) is 5.31. The zero-order chi connectivity index (χ0) is 25.8. The lowest BCUT2D eigenvalue weighted by molar-refractivity contribution is 0.959. The molecule has 0 fully saturated rings. The van der Waals surface area contributed by atoms with Gasteiger partial charge in [-0.05, 0) is 79.9 Å². The van der Waals surface area contributed by atoms with Crippen LogP contribution >= 0.6 is 11.8 Å². The molecule has 0 saturated heterocycles. The smallest absolute Gasteiger partial charge is 0.0352 e. The van der Waals surface area contributed by atoms with Gasteiger partial charge >= 0.3 is 0 Å². The van der Waals surface area contributed by atoms with Crippen molar-refractivity contribution in [3.05, 3.63) is 179 Å². The topological polar surface area (TPSA) is 0 Å². The van der Waals surface area contributed by atoms with Crippen LogP contribution in [0.1, 0.15) is 45.2 Å². The van der Waals surface area contributed by atoms with E-state index >= 15 is 0 Å². The number of hydrogen-bond donors (Lipinski definition) is 0. The number of hydrogen-bond acceptors (Lipinski definition) is 1. The van der Waals surface area contributed by atoms with Crippen molar-refractivity contribution in [2.45, 2.75) is 21.6 Å². The molecule has 0 bridgehead atoms. The van der Waals surface area contributed by atoms with Crippen molar-refractivity contribution >= 4 is 11.8 Å². The molecule has 6 aromatic carbocycles. The summed E-state index contributed by atoms with van der Waals surface area (Å²) in [7, 11) is 0. The molecule has 0 amide bonds. The molecule has 0 nitrogen and oxygen atoms in total. The lowest BCUT2D eigenvalue weighted by Gasteiger charge is -2.21. The number of benzene rings is 6. The fourth-order valence-corrected chi connectivity index (χ4v) is 7.65. The minimum Gasteiger partial charge on any atom is -0.0901 e. The highest BCUT2D eigenvalue weighted by Crippen LogP contribution is 2.52. The Morgan fingerprint density at radius 3 is 1.10 bits per heavy atom. The van der Waals surface area contributed by atoms with Gasteiger partial charge in [-0.15, -0.1) is 0 Å². The third kappa shape index (κ3) is 3.69. The van der Waals surface area contributed by atoms with E-state index in [4.69, 9.17) is 0 Å². The second-order valence-corrected chi connectivity index (χ2v) is 11.6. The first-order chi connectivity index (χ1) is 19.3. The second-order valence-electron chi connectivity index (χ2n) is 10.5. The summed E-state index contributed by atoms with van der Waals surface area (Å²) in [5, 5.41) is 0. The van der Waals surface area contributed by atoms with Crippen molar-refractivity contribution in [2.75, 3.05) is 0 Å². The van der Waals surface area contributed by atoms with E-state index in [1.807, 2.05) is 11.8 Å². The van der Waals surface area contributed by atoms with Crippen molar-refractivity contribution in [2.24, 2.45) is 0 Å². The summed E-state index contributed by atoms with van der Waals surface area (Å²) in [6.07, 6.45) is 0. The molecule has 8 rings (SSSR count). The van der Waals surface area contributed by atoms with Crippen LogP contribution in [0.3, 0.4) is 0 Å². The highest BCUT2D eigenvalue weighted by molar-refractivity contribution is 7.99. The predicted octanol–water partition coefficient (Wildman–Crippen LogP) is 10.2. The van der Waals surface area contributed by atoms with Gasteiger partial charge in [0.15, 0.2) is 0 Å². The van der Waals surface area contributed by atoms with Gasteiger partial charge in [0.1, 0.15) is 0 Å². The van der Waals surface area contributed by atoms with E-state index in [9.17, 15) is 0 Å². The number of fused-ring (bicyclic) bond motifs is 6. The molecule has 1 heteroatoms. The first kappa shape index (κ1) is 22.6. The molecule has 0 aromatic heterocycles. The Morgan fingerprint density at radius 1 is 0.333 bits per heavy atom. The van der Waals surface area contributed by atoms with Crippen molar-refractivity contribution in [3.8, 4) is 22.3 Å². The van der Waals surface area contributed by atoms with Gasteiger partial charge < -0.3 is 0 Å². The van der Waals surface area contributed by atoms with Crippen LogP contribution in [0.5, 0.6) is 0 Å². The maximum Gasteiger partial charge on any atom is 0.0352 e. The minimum absolute atomic E-state index is 0.222. The van der Waals surface area contributed by atoms with Gasteiger partial charge in [-0.1, -0.05) is 133 Å². The molecule has 0 N–H and O–H groups in total. The maximum atomic E-state index is 2.49. The molecule has 0 aliphatic heterocycles. The van der Waals surface area contributed by atoms with E-state index in [0.717, 1.165) is 0 Å². The monoisotopic (exact) mass is 514 g/mol. The molecule has 0 saturated carbocycles. The Morgan fingerprint density at radius 2 is 0.692 bits per heavy atom. The lowest BCUT2D eigenvalue weighted by Crippen LogP contribution is -2.04. The van der Waals surface area contributed by atoms with Gasteiger partial charge in [-0.25, -0.2) is 0 Å². The average Bonchev–Trinajstić information content (AvgIpc) is 3.51. The molecule has 2 aliphatic carbocycles. The molecule has 0 unspecified atom stereocenters. The first-order valence-corrected chi connectivity index (χ1v) is 14.4. The van der Waals surface area contributed by atoms with E-state index in [2.05, 4.69) is 146 Å². The highest BCUT2D eigenvalue weighted by Gasteiger charge is 2.33. The van der Waals surface area contributed by atoms with Gasteiger partial charge in [0.2, 0.25) is 0 Å². The fourth-order valence-electron chi connectivity index (χ4n) is 6.69. The van der Waals surface area contributed by atoms with Crippen LogP contribution in [0.4, 0.5) is 0 Å².